The Morgan fingerprint density at radius 3 is 2.14 bits per heavy atom. The summed E-state index contributed by atoms with van der Waals surface area (Å²) < 4.78 is 37.3. The molecule has 0 saturated carbocycles. The SMILES string of the molecule is FC(F)(F)c1ccc(NC(S)NCc2ccccc2)cc1. The summed E-state index contributed by atoms with van der Waals surface area (Å²) in [7, 11) is 0. The molecule has 0 aliphatic heterocycles. The fourth-order valence-corrected chi connectivity index (χ4v) is 2.02. The summed E-state index contributed by atoms with van der Waals surface area (Å²) in [6.07, 6.45) is -4.32. The van der Waals surface area contributed by atoms with Crippen LogP contribution in [0.25, 0.3) is 0 Å². The Kier molecular flexibility index (Phi) is 5.14. The molecule has 21 heavy (non-hydrogen) atoms. The van der Waals surface area contributed by atoms with Crippen molar-refractivity contribution in [2.24, 2.45) is 0 Å². The maximum absolute atomic E-state index is 12.4. The van der Waals surface area contributed by atoms with Crippen molar-refractivity contribution in [3.63, 3.8) is 0 Å². The minimum atomic E-state index is -4.32. The number of hydrogen-bond donors (Lipinski definition) is 3. The van der Waals surface area contributed by atoms with Crippen LogP contribution in [0.2, 0.25) is 0 Å². The molecule has 0 aliphatic rings. The van der Waals surface area contributed by atoms with Gasteiger partial charge in [0.05, 0.1) is 5.56 Å². The van der Waals surface area contributed by atoms with E-state index in [2.05, 4.69) is 23.3 Å². The van der Waals surface area contributed by atoms with Crippen LogP contribution in [-0.4, -0.2) is 5.50 Å². The Hall–Kier alpha value is -1.66. The van der Waals surface area contributed by atoms with Crippen LogP contribution in [0.15, 0.2) is 54.6 Å². The average Bonchev–Trinajstić information content (AvgIpc) is 2.46. The third-order valence-electron chi connectivity index (χ3n) is 2.86. The van der Waals surface area contributed by atoms with Crippen molar-refractivity contribution in [2.45, 2.75) is 18.2 Å². The number of hydrogen-bond acceptors (Lipinski definition) is 3. The maximum atomic E-state index is 12.4. The second kappa shape index (κ2) is 6.87. The van der Waals surface area contributed by atoms with Crippen molar-refractivity contribution in [1.82, 2.24) is 5.32 Å². The lowest BCUT2D eigenvalue weighted by atomic mass is 10.2. The van der Waals surface area contributed by atoms with Gasteiger partial charge in [-0.3, -0.25) is 5.32 Å². The molecule has 0 aromatic heterocycles. The molecule has 0 amide bonds. The summed E-state index contributed by atoms with van der Waals surface area (Å²) in [6.45, 7) is 0.614. The van der Waals surface area contributed by atoms with Crippen molar-refractivity contribution >= 4 is 18.3 Å². The van der Waals surface area contributed by atoms with Crippen LogP contribution in [0.5, 0.6) is 0 Å². The average molecular weight is 312 g/mol. The van der Waals surface area contributed by atoms with E-state index in [0.29, 0.717) is 12.2 Å². The van der Waals surface area contributed by atoms with Crippen molar-refractivity contribution in [3.05, 3.63) is 65.7 Å². The first-order valence-electron chi connectivity index (χ1n) is 6.34. The zero-order valence-corrected chi connectivity index (χ0v) is 12.0. The van der Waals surface area contributed by atoms with Gasteiger partial charge in [0, 0.05) is 12.2 Å². The van der Waals surface area contributed by atoms with E-state index in [9.17, 15) is 13.2 Å². The van der Waals surface area contributed by atoms with Crippen molar-refractivity contribution in [1.29, 1.82) is 0 Å². The largest absolute Gasteiger partial charge is 0.416 e. The van der Waals surface area contributed by atoms with E-state index in [4.69, 9.17) is 0 Å². The predicted molar refractivity (Wildman–Crippen MR) is 81.1 cm³/mol. The zero-order valence-electron chi connectivity index (χ0n) is 11.1. The molecule has 2 aromatic rings. The summed E-state index contributed by atoms with van der Waals surface area (Å²) in [5.74, 6) is 0. The van der Waals surface area contributed by atoms with Gasteiger partial charge in [-0.1, -0.05) is 30.3 Å². The highest BCUT2D eigenvalue weighted by Crippen LogP contribution is 2.29. The topological polar surface area (TPSA) is 24.1 Å². The number of rotatable bonds is 5. The second-order valence-electron chi connectivity index (χ2n) is 4.49. The third kappa shape index (κ3) is 4.99. The second-order valence-corrected chi connectivity index (χ2v) is 5.00. The number of thiol groups is 1. The van der Waals surface area contributed by atoms with E-state index < -0.39 is 11.7 Å². The molecule has 2 nitrogen and oxygen atoms in total. The highest BCUT2D eigenvalue weighted by Gasteiger charge is 2.29. The number of alkyl halides is 3. The lowest BCUT2D eigenvalue weighted by Gasteiger charge is -2.17. The molecule has 1 atom stereocenters. The molecule has 112 valence electrons. The van der Waals surface area contributed by atoms with Gasteiger partial charge in [-0.2, -0.15) is 13.2 Å². The van der Waals surface area contributed by atoms with Crippen LogP contribution < -0.4 is 10.6 Å². The highest BCUT2D eigenvalue weighted by molar-refractivity contribution is 7.81. The molecule has 2 N–H and O–H groups in total. The lowest BCUT2D eigenvalue weighted by molar-refractivity contribution is -0.137. The van der Waals surface area contributed by atoms with E-state index in [1.807, 2.05) is 30.3 Å². The van der Waals surface area contributed by atoms with Gasteiger partial charge in [0.2, 0.25) is 0 Å². The Bertz CT molecular complexity index is 555. The Morgan fingerprint density at radius 1 is 0.952 bits per heavy atom. The molecule has 0 fully saturated rings. The van der Waals surface area contributed by atoms with Gasteiger partial charge in [0.1, 0.15) is 5.50 Å². The number of halogens is 3. The van der Waals surface area contributed by atoms with Gasteiger partial charge in [-0.05, 0) is 29.8 Å². The van der Waals surface area contributed by atoms with Crippen molar-refractivity contribution in [2.75, 3.05) is 5.32 Å². The van der Waals surface area contributed by atoms with E-state index in [0.717, 1.165) is 17.7 Å². The summed E-state index contributed by atoms with van der Waals surface area (Å²) in [5.41, 5.74) is 0.650. The van der Waals surface area contributed by atoms with E-state index in [-0.39, 0.29) is 5.50 Å². The summed E-state index contributed by atoms with van der Waals surface area (Å²) >= 11 is 4.31. The van der Waals surface area contributed by atoms with Gasteiger partial charge in [-0.25, -0.2) is 0 Å². The molecule has 2 aromatic carbocycles. The van der Waals surface area contributed by atoms with Crippen LogP contribution in [0.3, 0.4) is 0 Å². The Labute approximate surface area is 126 Å². The maximum Gasteiger partial charge on any atom is 0.416 e. The van der Waals surface area contributed by atoms with Gasteiger partial charge >= 0.3 is 6.18 Å². The standard InChI is InChI=1S/C15H15F3N2S/c16-15(17,18)12-6-8-13(9-7-12)20-14(21)19-10-11-4-2-1-3-5-11/h1-9,14,19-21H,10H2. The first kappa shape index (κ1) is 15.7. The molecule has 0 radical (unpaired) electrons. The normalized spacial score (nSPS) is 13.0. The molecule has 0 saturated heterocycles. The van der Waals surface area contributed by atoms with E-state index in [1.54, 1.807) is 0 Å². The summed E-state index contributed by atoms with van der Waals surface area (Å²) in [6, 6.07) is 14.6. The number of nitrogens with one attached hydrogen (secondary N) is 2. The quantitative estimate of drug-likeness (QED) is 0.571. The van der Waals surface area contributed by atoms with Crippen LogP contribution in [-0.2, 0) is 12.7 Å². The highest BCUT2D eigenvalue weighted by atomic mass is 32.1. The predicted octanol–water partition coefficient (Wildman–Crippen LogP) is 4.12. The molecule has 0 spiro atoms. The molecule has 0 bridgehead atoms. The van der Waals surface area contributed by atoms with Crippen LogP contribution in [0.4, 0.5) is 18.9 Å². The van der Waals surface area contributed by atoms with Gasteiger partial charge in [-0.15, -0.1) is 12.6 Å². The van der Waals surface area contributed by atoms with Crippen LogP contribution >= 0.6 is 12.6 Å². The Morgan fingerprint density at radius 2 is 1.57 bits per heavy atom. The molecule has 6 heteroatoms. The summed E-state index contributed by atoms with van der Waals surface area (Å²) in [4.78, 5) is 0. The fourth-order valence-electron chi connectivity index (χ4n) is 1.77. The molecule has 0 heterocycles. The fraction of sp³-hybridized carbons (Fsp3) is 0.200. The lowest BCUT2D eigenvalue weighted by Crippen LogP contribution is -2.30. The van der Waals surface area contributed by atoms with E-state index >= 15 is 0 Å². The van der Waals surface area contributed by atoms with Gasteiger partial charge in [0.15, 0.2) is 0 Å². The molecule has 0 aliphatic carbocycles. The first-order chi connectivity index (χ1) is 9.95. The van der Waals surface area contributed by atoms with Crippen molar-refractivity contribution < 1.29 is 13.2 Å². The van der Waals surface area contributed by atoms with Gasteiger partial charge < -0.3 is 5.32 Å². The molecule has 1 unspecified atom stereocenters. The zero-order chi connectivity index (χ0) is 15.3. The number of benzene rings is 2. The minimum absolute atomic E-state index is 0.359. The summed E-state index contributed by atoms with van der Waals surface area (Å²) in [5, 5.41) is 6.10. The smallest absolute Gasteiger partial charge is 0.362 e. The first-order valence-corrected chi connectivity index (χ1v) is 6.86. The molecule has 2 rings (SSSR count). The van der Waals surface area contributed by atoms with Gasteiger partial charge in [0.25, 0.3) is 0 Å². The van der Waals surface area contributed by atoms with Crippen molar-refractivity contribution in [3.8, 4) is 0 Å². The van der Waals surface area contributed by atoms with Crippen LogP contribution in [0, 0.1) is 0 Å². The monoisotopic (exact) mass is 312 g/mol. The van der Waals surface area contributed by atoms with Crippen LogP contribution in [0.1, 0.15) is 11.1 Å². The molecular formula is C15H15F3N2S. The third-order valence-corrected chi connectivity index (χ3v) is 3.17. The Balaban J connectivity index is 1.86. The van der Waals surface area contributed by atoms with E-state index in [1.165, 1.54) is 12.1 Å². The molecular weight excluding hydrogens is 297 g/mol. The minimum Gasteiger partial charge on any atom is -0.362 e. The number of anilines is 1.